The van der Waals surface area contributed by atoms with Crippen molar-refractivity contribution >= 4 is 0 Å². The minimum absolute atomic E-state index is 0.291. The molecule has 1 atom stereocenters. The largest absolute Gasteiger partial charge is 0.489 e. The zero-order valence-corrected chi connectivity index (χ0v) is 9.35. The van der Waals surface area contributed by atoms with E-state index in [0.717, 1.165) is 17.9 Å². The van der Waals surface area contributed by atoms with Crippen molar-refractivity contribution in [2.75, 3.05) is 6.61 Å². The van der Waals surface area contributed by atoms with Crippen LogP contribution in [0, 0.1) is 0 Å². The zero-order valence-electron chi connectivity index (χ0n) is 9.35. The summed E-state index contributed by atoms with van der Waals surface area (Å²) in [7, 11) is 0. The van der Waals surface area contributed by atoms with Gasteiger partial charge in [0.15, 0.2) is 5.60 Å². The van der Waals surface area contributed by atoms with Gasteiger partial charge in [0.05, 0.1) is 0 Å². The molecular formula is C15H12O2. The van der Waals surface area contributed by atoms with E-state index in [-0.39, 0.29) is 5.60 Å². The Hall–Kier alpha value is -1.96. The normalized spacial score (nSPS) is 24.0. The molecule has 2 heterocycles. The molecule has 2 heteroatoms. The van der Waals surface area contributed by atoms with Crippen LogP contribution in [0.1, 0.15) is 11.1 Å². The molecule has 4 rings (SSSR count). The number of hydrogen-bond donors (Lipinski definition) is 0. The van der Waals surface area contributed by atoms with Crippen molar-refractivity contribution in [2.24, 2.45) is 0 Å². The lowest BCUT2D eigenvalue weighted by atomic mass is 9.91. The van der Waals surface area contributed by atoms with Gasteiger partial charge in [-0.2, -0.15) is 0 Å². The number of rotatable bonds is 0. The van der Waals surface area contributed by atoms with E-state index in [1.165, 1.54) is 11.1 Å². The van der Waals surface area contributed by atoms with E-state index in [4.69, 9.17) is 9.47 Å². The molecule has 0 aliphatic carbocycles. The summed E-state index contributed by atoms with van der Waals surface area (Å²) in [5.74, 6) is 1.95. The summed E-state index contributed by atoms with van der Waals surface area (Å²) in [5, 5.41) is 0. The molecule has 0 amide bonds. The Morgan fingerprint density at radius 2 is 1.65 bits per heavy atom. The Morgan fingerprint density at radius 1 is 0.882 bits per heavy atom. The summed E-state index contributed by atoms with van der Waals surface area (Å²) < 4.78 is 11.9. The summed E-state index contributed by atoms with van der Waals surface area (Å²) in [6, 6.07) is 16.4. The first-order valence-corrected chi connectivity index (χ1v) is 5.87. The molecule has 1 spiro atoms. The maximum atomic E-state index is 6.16. The summed E-state index contributed by atoms with van der Waals surface area (Å²) in [4.78, 5) is 0. The third-order valence-electron chi connectivity index (χ3n) is 3.59. The van der Waals surface area contributed by atoms with Crippen LogP contribution in [0.5, 0.6) is 11.5 Å². The van der Waals surface area contributed by atoms with Gasteiger partial charge in [0.25, 0.3) is 0 Å². The van der Waals surface area contributed by atoms with Crippen LogP contribution in [0.25, 0.3) is 0 Å². The fraction of sp³-hybridized carbons (Fsp3) is 0.200. The minimum Gasteiger partial charge on any atom is -0.489 e. The number of para-hydroxylation sites is 2. The first kappa shape index (κ1) is 9.11. The third-order valence-corrected chi connectivity index (χ3v) is 3.59. The van der Waals surface area contributed by atoms with Crippen molar-refractivity contribution in [2.45, 2.75) is 12.0 Å². The average Bonchev–Trinajstić information content (AvgIpc) is 2.92. The van der Waals surface area contributed by atoms with Crippen LogP contribution < -0.4 is 9.47 Å². The summed E-state index contributed by atoms with van der Waals surface area (Å²) in [6.07, 6.45) is 0.903. The number of hydrogen-bond acceptors (Lipinski definition) is 2. The van der Waals surface area contributed by atoms with Gasteiger partial charge in [0.2, 0.25) is 0 Å². The fourth-order valence-electron chi connectivity index (χ4n) is 2.78. The second kappa shape index (κ2) is 3.04. The van der Waals surface area contributed by atoms with Crippen LogP contribution in [0.15, 0.2) is 48.5 Å². The summed E-state index contributed by atoms with van der Waals surface area (Å²) in [5.41, 5.74) is 2.16. The molecule has 2 nitrogen and oxygen atoms in total. The lowest BCUT2D eigenvalue weighted by Crippen LogP contribution is -2.32. The molecule has 84 valence electrons. The lowest BCUT2D eigenvalue weighted by Gasteiger charge is -2.21. The molecule has 1 unspecified atom stereocenters. The van der Waals surface area contributed by atoms with Gasteiger partial charge in [-0.25, -0.2) is 0 Å². The van der Waals surface area contributed by atoms with Gasteiger partial charge in [-0.05, 0) is 17.7 Å². The second-order valence-corrected chi connectivity index (χ2v) is 4.67. The standard InChI is InChI=1S/C15H12O2/c1-3-7-13-11(5-1)9-15(17-13)10-16-14-8-4-2-6-12(14)15/h1-8H,9-10H2. The number of ether oxygens (including phenoxy) is 2. The highest BCUT2D eigenvalue weighted by atomic mass is 16.6. The van der Waals surface area contributed by atoms with Crippen molar-refractivity contribution in [3.63, 3.8) is 0 Å². The minimum atomic E-state index is -0.291. The molecule has 2 aromatic carbocycles. The molecular weight excluding hydrogens is 212 g/mol. The molecule has 17 heavy (non-hydrogen) atoms. The van der Waals surface area contributed by atoms with Gasteiger partial charge < -0.3 is 9.47 Å². The van der Waals surface area contributed by atoms with Gasteiger partial charge >= 0.3 is 0 Å². The predicted octanol–water partition coefficient (Wildman–Crippen LogP) is 2.91. The van der Waals surface area contributed by atoms with E-state index in [1.54, 1.807) is 0 Å². The molecule has 0 N–H and O–H groups in total. The highest BCUT2D eigenvalue weighted by Crippen LogP contribution is 2.47. The summed E-state index contributed by atoms with van der Waals surface area (Å²) in [6.45, 7) is 0.612. The van der Waals surface area contributed by atoms with Crippen molar-refractivity contribution in [3.8, 4) is 11.5 Å². The van der Waals surface area contributed by atoms with Gasteiger partial charge in [-0.1, -0.05) is 36.4 Å². The fourth-order valence-corrected chi connectivity index (χ4v) is 2.78. The summed E-state index contributed by atoms with van der Waals surface area (Å²) >= 11 is 0. The van der Waals surface area contributed by atoms with Crippen LogP contribution in [-0.2, 0) is 12.0 Å². The van der Waals surface area contributed by atoms with Crippen LogP contribution in [0.3, 0.4) is 0 Å². The Balaban J connectivity index is 1.84. The monoisotopic (exact) mass is 224 g/mol. The van der Waals surface area contributed by atoms with Crippen LogP contribution in [0.2, 0.25) is 0 Å². The van der Waals surface area contributed by atoms with Crippen LogP contribution in [-0.4, -0.2) is 6.61 Å². The van der Waals surface area contributed by atoms with Gasteiger partial charge in [0, 0.05) is 12.0 Å². The molecule has 0 aromatic heterocycles. The lowest BCUT2D eigenvalue weighted by molar-refractivity contribution is 0.0656. The van der Waals surface area contributed by atoms with Crippen molar-refractivity contribution in [1.82, 2.24) is 0 Å². The first-order valence-electron chi connectivity index (χ1n) is 5.87. The molecule has 0 saturated carbocycles. The molecule has 0 fully saturated rings. The molecule has 2 aliphatic heterocycles. The van der Waals surface area contributed by atoms with Gasteiger partial charge in [-0.15, -0.1) is 0 Å². The van der Waals surface area contributed by atoms with E-state index in [0.29, 0.717) is 6.61 Å². The van der Waals surface area contributed by atoms with E-state index in [1.807, 2.05) is 30.3 Å². The highest BCUT2D eigenvalue weighted by Gasteiger charge is 2.47. The quantitative estimate of drug-likeness (QED) is 0.685. The van der Waals surface area contributed by atoms with E-state index < -0.39 is 0 Å². The molecule has 2 aliphatic rings. The van der Waals surface area contributed by atoms with Crippen molar-refractivity contribution in [1.29, 1.82) is 0 Å². The molecule has 0 saturated heterocycles. The first-order chi connectivity index (χ1) is 8.37. The Kier molecular flexibility index (Phi) is 1.63. The number of benzene rings is 2. The smallest absolute Gasteiger partial charge is 0.175 e. The van der Waals surface area contributed by atoms with Crippen molar-refractivity contribution < 1.29 is 9.47 Å². The Morgan fingerprint density at radius 3 is 2.53 bits per heavy atom. The molecule has 0 radical (unpaired) electrons. The molecule has 2 aromatic rings. The average molecular weight is 224 g/mol. The Bertz CT molecular complexity index is 564. The van der Waals surface area contributed by atoms with E-state index in [2.05, 4.69) is 18.2 Å². The third kappa shape index (κ3) is 1.15. The van der Waals surface area contributed by atoms with Crippen LogP contribution in [0.4, 0.5) is 0 Å². The predicted molar refractivity (Wildman–Crippen MR) is 64.4 cm³/mol. The Labute approximate surface area is 99.8 Å². The zero-order chi connectivity index (χ0) is 11.3. The maximum Gasteiger partial charge on any atom is 0.175 e. The van der Waals surface area contributed by atoms with Crippen LogP contribution >= 0.6 is 0 Å². The SMILES string of the molecule is c1ccc2c(c1)CC1(COc3ccccc31)O2. The molecule has 0 bridgehead atoms. The van der Waals surface area contributed by atoms with E-state index in [9.17, 15) is 0 Å². The topological polar surface area (TPSA) is 18.5 Å². The number of fused-ring (bicyclic) bond motifs is 3. The van der Waals surface area contributed by atoms with Gasteiger partial charge in [0.1, 0.15) is 18.1 Å². The highest BCUT2D eigenvalue weighted by molar-refractivity contribution is 5.49. The van der Waals surface area contributed by atoms with E-state index >= 15 is 0 Å². The maximum absolute atomic E-state index is 6.16. The van der Waals surface area contributed by atoms with Gasteiger partial charge in [-0.3, -0.25) is 0 Å². The van der Waals surface area contributed by atoms with Crippen molar-refractivity contribution in [3.05, 3.63) is 59.7 Å². The second-order valence-electron chi connectivity index (χ2n) is 4.67.